The molecule has 0 N–H and O–H groups in total. The molecule has 0 heterocycles. The average molecular weight is 419 g/mol. The molecule has 3 heteroatoms. The van der Waals surface area contributed by atoms with E-state index in [9.17, 15) is 8.78 Å². The molecule has 1 saturated carbocycles. The maximum Gasteiger partial charge on any atom is 0.191 e. The zero-order chi connectivity index (χ0) is 21.6. The molecule has 4 rings (SSSR count). The van der Waals surface area contributed by atoms with E-state index in [1.165, 1.54) is 48.9 Å². The van der Waals surface area contributed by atoms with Crippen molar-refractivity contribution >= 4 is 0 Å². The molecule has 1 fully saturated rings. The molecule has 0 atom stereocenters. The van der Waals surface area contributed by atoms with Crippen molar-refractivity contribution < 1.29 is 13.5 Å². The molecule has 0 aliphatic heterocycles. The number of halogens is 2. The molecule has 1 aliphatic rings. The molecule has 0 spiro atoms. The number of hydrogen-bond donors (Lipinski definition) is 0. The van der Waals surface area contributed by atoms with Crippen LogP contribution >= 0.6 is 0 Å². The van der Waals surface area contributed by atoms with Gasteiger partial charge in [-0.1, -0.05) is 66.7 Å². The largest absolute Gasteiger partial charge is 0.483 e. The molecule has 0 radical (unpaired) electrons. The van der Waals surface area contributed by atoms with Gasteiger partial charge in [-0.2, -0.15) is 0 Å². The van der Waals surface area contributed by atoms with E-state index in [1.54, 1.807) is 12.2 Å². The van der Waals surface area contributed by atoms with Crippen LogP contribution < -0.4 is 4.74 Å². The van der Waals surface area contributed by atoms with E-state index in [1.807, 2.05) is 19.1 Å². The predicted molar refractivity (Wildman–Crippen MR) is 122 cm³/mol. The van der Waals surface area contributed by atoms with E-state index in [0.717, 1.165) is 5.56 Å². The summed E-state index contributed by atoms with van der Waals surface area (Å²) in [4.78, 5) is 0. The third-order valence-corrected chi connectivity index (χ3v) is 6.27. The first-order chi connectivity index (χ1) is 15.2. The van der Waals surface area contributed by atoms with Gasteiger partial charge in [0.1, 0.15) is 6.61 Å². The highest BCUT2D eigenvalue weighted by atomic mass is 19.1. The number of benzene rings is 3. The number of hydrogen-bond acceptors (Lipinski definition) is 1. The quantitative estimate of drug-likeness (QED) is 0.368. The first-order valence-corrected chi connectivity index (χ1v) is 11.0. The number of rotatable bonds is 6. The molecule has 1 nitrogen and oxygen atoms in total. The normalized spacial score (nSPS) is 18.9. The van der Waals surface area contributed by atoms with Crippen LogP contribution in [-0.4, -0.2) is 6.61 Å². The second kappa shape index (κ2) is 9.91. The highest BCUT2D eigenvalue weighted by Gasteiger charge is 2.23. The lowest BCUT2D eigenvalue weighted by Crippen LogP contribution is -2.12. The molecular formula is C28H28F2O. The number of allylic oxidation sites excluding steroid dienone is 1. The molecule has 1 aliphatic carbocycles. The van der Waals surface area contributed by atoms with E-state index >= 15 is 0 Å². The Balaban J connectivity index is 1.43. The van der Waals surface area contributed by atoms with Crippen molar-refractivity contribution in [3.05, 3.63) is 102 Å². The Morgan fingerprint density at radius 1 is 0.774 bits per heavy atom. The smallest absolute Gasteiger partial charge is 0.191 e. The minimum atomic E-state index is -0.678. The summed E-state index contributed by atoms with van der Waals surface area (Å²) >= 11 is 0. The maximum absolute atomic E-state index is 14.4. The summed E-state index contributed by atoms with van der Waals surface area (Å²) in [7, 11) is 0. The Kier molecular flexibility index (Phi) is 6.81. The van der Waals surface area contributed by atoms with E-state index in [0.29, 0.717) is 17.4 Å². The lowest BCUT2D eigenvalue weighted by molar-refractivity contribution is 0.320. The molecule has 31 heavy (non-hydrogen) atoms. The highest BCUT2D eigenvalue weighted by molar-refractivity contribution is 5.65. The van der Waals surface area contributed by atoms with Crippen LogP contribution in [0.15, 0.2) is 78.9 Å². The standard InChI is InChI=1S/C28H28F2O/c1-2-3-17-31-28-26(29)18-25(19-27(28)30)24-15-13-23(14-16-24)22-11-9-21(10-12-22)20-7-5-4-6-8-20/h2-8,13-16,18-19,21-22H,9-12,17H2,1H3/b3-2+. The molecule has 3 aromatic rings. The van der Waals surface area contributed by atoms with Crippen molar-refractivity contribution in [2.24, 2.45) is 0 Å². The summed E-state index contributed by atoms with van der Waals surface area (Å²) in [5, 5.41) is 0. The van der Waals surface area contributed by atoms with Gasteiger partial charge < -0.3 is 4.74 Å². The van der Waals surface area contributed by atoms with Crippen LogP contribution in [0.5, 0.6) is 5.75 Å². The Labute approximate surface area is 183 Å². The van der Waals surface area contributed by atoms with Crippen molar-refractivity contribution in [1.29, 1.82) is 0 Å². The fraction of sp³-hybridized carbons (Fsp3) is 0.286. The fourth-order valence-corrected chi connectivity index (χ4v) is 4.53. The van der Waals surface area contributed by atoms with Gasteiger partial charge in [0.2, 0.25) is 0 Å². The van der Waals surface area contributed by atoms with Gasteiger partial charge in [0.15, 0.2) is 17.4 Å². The third kappa shape index (κ3) is 5.04. The van der Waals surface area contributed by atoms with Crippen molar-refractivity contribution in [3.63, 3.8) is 0 Å². The Morgan fingerprint density at radius 3 is 1.87 bits per heavy atom. The maximum atomic E-state index is 14.4. The second-order valence-electron chi connectivity index (χ2n) is 8.23. The zero-order valence-corrected chi connectivity index (χ0v) is 17.9. The molecule has 0 amide bonds. The molecule has 160 valence electrons. The van der Waals surface area contributed by atoms with Crippen LogP contribution in [0, 0.1) is 11.6 Å². The van der Waals surface area contributed by atoms with Crippen molar-refractivity contribution in [3.8, 4) is 16.9 Å². The van der Waals surface area contributed by atoms with Gasteiger partial charge in [0, 0.05) is 0 Å². The molecule has 3 aromatic carbocycles. The molecular weight excluding hydrogens is 390 g/mol. The first-order valence-electron chi connectivity index (χ1n) is 11.0. The summed E-state index contributed by atoms with van der Waals surface area (Å²) in [6, 6.07) is 21.6. The van der Waals surface area contributed by atoms with Crippen LogP contribution in [0.2, 0.25) is 0 Å². The molecule has 0 bridgehead atoms. The average Bonchev–Trinajstić information content (AvgIpc) is 2.81. The van der Waals surface area contributed by atoms with Gasteiger partial charge in [0.25, 0.3) is 0 Å². The third-order valence-electron chi connectivity index (χ3n) is 6.27. The van der Waals surface area contributed by atoms with Gasteiger partial charge in [-0.15, -0.1) is 0 Å². The van der Waals surface area contributed by atoms with E-state index in [-0.39, 0.29) is 12.4 Å². The molecule has 0 unspecified atom stereocenters. The van der Waals surface area contributed by atoms with Gasteiger partial charge in [0.05, 0.1) is 0 Å². The van der Waals surface area contributed by atoms with E-state index in [2.05, 4.69) is 42.5 Å². The first kappa shape index (κ1) is 21.3. The van der Waals surface area contributed by atoms with Crippen molar-refractivity contribution in [1.82, 2.24) is 0 Å². The second-order valence-corrected chi connectivity index (χ2v) is 8.23. The van der Waals surface area contributed by atoms with Gasteiger partial charge >= 0.3 is 0 Å². The van der Waals surface area contributed by atoms with Gasteiger partial charge in [-0.05, 0) is 78.8 Å². The van der Waals surface area contributed by atoms with Crippen LogP contribution in [0.4, 0.5) is 8.78 Å². The predicted octanol–water partition coefficient (Wildman–Crippen LogP) is 8.03. The van der Waals surface area contributed by atoms with Crippen molar-refractivity contribution in [2.75, 3.05) is 6.61 Å². The van der Waals surface area contributed by atoms with E-state index in [4.69, 9.17) is 4.74 Å². The monoisotopic (exact) mass is 418 g/mol. The minimum Gasteiger partial charge on any atom is -0.483 e. The van der Waals surface area contributed by atoms with Crippen LogP contribution in [0.1, 0.15) is 55.6 Å². The minimum absolute atomic E-state index is 0.144. The highest BCUT2D eigenvalue weighted by Crippen LogP contribution is 2.41. The lowest BCUT2D eigenvalue weighted by atomic mass is 9.76. The summed E-state index contributed by atoms with van der Waals surface area (Å²) in [6.07, 6.45) is 8.21. The molecule has 0 saturated heterocycles. The SMILES string of the molecule is C/C=C/COc1c(F)cc(-c2ccc(C3CCC(c4ccccc4)CC3)cc2)cc1F. The molecule has 0 aromatic heterocycles. The zero-order valence-electron chi connectivity index (χ0n) is 17.9. The lowest BCUT2D eigenvalue weighted by Gasteiger charge is -2.29. The fourth-order valence-electron chi connectivity index (χ4n) is 4.53. The van der Waals surface area contributed by atoms with Crippen LogP contribution in [0.25, 0.3) is 11.1 Å². The topological polar surface area (TPSA) is 9.23 Å². The summed E-state index contributed by atoms with van der Waals surface area (Å²) in [6.45, 7) is 1.97. The number of ether oxygens (including phenoxy) is 1. The Morgan fingerprint density at radius 2 is 1.32 bits per heavy atom. The van der Waals surface area contributed by atoms with Crippen LogP contribution in [-0.2, 0) is 0 Å². The van der Waals surface area contributed by atoms with Crippen LogP contribution in [0.3, 0.4) is 0 Å². The summed E-state index contributed by atoms with van der Waals surface area (Å²) < 4.78 is 34.0. The van der Waals surface area contributed by atoms with E-state index < -0.39 is 11.6 Å². The Bertz CT molecular complexity index is 994. The Hall–Kier alpha value is -2.94. The van der Waals surface area contributed by atoms with Gasteiger partial charge in [-0.25, -0.2) is 8.78 Å². The summed E-state index contributed by atoms with van der Waals surface area (Å²) in [5.41, 5.74) is 4.08. The van der Waals surface area contributed by atoms with Gasteiger partial charge in [-0.3, -0.25) is 0 Å². The summed E-state index contributed by atoms with van der Waals surface area (Å²) in [5.74, 6) is -0.486. The van der Waals surface area contributed by atoms with Crippen molar-refractivity contribution in [2.45, 2.75) is 44.4 Å².